The zero-order chi connectivity index (χ0) is 20.1. The zero-order valence-electron chi connectivity index (χ0n) is 15.2. The van der Waals surface area contributed by atoms with Gasteiger partial charge in [0.2, 0.25) is 0 Å². The van der Waals surface area contributed by atoms with E-state index in [1.54, 1.807) is 11.1 Å². The number of carbonyl (C=O) groups is 1. The molecular weight excluding hydrogens is 463 g/mol. The van der Waals surface area contributed by atoms with Gasteiger partial charge in [-0.3, -0.25) is 9.80 Å². The Bertz CT molecular complexity index is 927. The van der Waals surface area contributed by atoms with Gasteiger partial charge < -0.3 is 0 Å². The van der Waals surface area contributed by atoms with Gasteiger partial charge in [-0.25, -0.2) is 8.78 Å². The van der Waals surface area contributed by atoms with Crippen molar-refractivity contribution in [3.63, 3.8) is 0 Å². The van der Waals surface area contributed by atoms with E-state index in [1.165, 1.54) is 6.92 Å². The molecule has 0 aliphatic heterocycles. The molecule has 140 valence electrons. The Kier molecular flexibility index (Phi) is 7.02. The van der Waals surface area contributed by atoms with Crippen molar-refractivity contribution in [3.8, 4) is 23.5 Å². The van der Waals surface area contributed by atoms with E-state index in [0.29, 0.717) is 22.2 Å². The fraction of sp³-hybridized carbons (Fsp3) is 0.250. The smallest absolute Gasteiger partial charge is 0.160 e. The van der Waals surface area contributed by atoms with Crippen LogP contribution in [0, 0.1) is 27.5 Å². The summed E-state index contributed by atoms with van der Waals surface area (Å²) in [5.41, 5.74) is 1.38. The van der Waals surface area contributed by atoms with Crippen molar-refractivity contribution < 1.29 is 13.6 Å². The summed E-state index contributed by atoms with van der Waals surface area (Å²) in [6, 6.07) is 4.67. The first-order valence-electron chi connectivity index (χ1n) is 8.29. The highest BCUT2D eigenvalue weighted by Crippen LogP contribution is 2.40. The molecule has 4 nitrogen and oxygen atoms in total. The largest absolute Gasteiger partial charge is 0.294 e. The zero-order valence-corrected chi connectivity index (χ0v) is 17.3. The molecule has 0 aliphatic rings. The highest BCUT2D eigenvalue weighted by atomic mass is 127. The maximum Gasteiger partial charge on any atom is 0.160 e. The van der Waals surface area contributed by atoms with Gasteiger partial charge in [-0.15, -0.1) is 11.5 Å². The monoisotopic (exact) mass is 481 g/mol. The number of rotatable bonds is 6. The van der Waals surface area contributed by atoms with Gasteiger partial charge in [0.1, 0.15) is 17.3 Å². The predicted molar refractivity (Wildman–Crippen MR) is 110 cm³/mol. The second-order valence-corrected chi connectivity index (χ2v) is 6.85. The van der Waals surface area contributed by atoms with E-state index in [1.807, 2.05) is 36.4 Å². The number of hydrogen-bond acceptors (Lipinski definition) is 3. The molecule has 2 rings (SSSR count). The molecule has 0 unspecified atom stereocenters. The quantitative estimate of drug-likeness (QED) is 0.173. The van der Waals surface area contributed by atoms with Crippen molar-refractivity contribution in [2.24, 2.45) is 10.3 Å². The van der Waals surface area contributed by atoms with Crippen molar-refractivity contribution in [1.82, 2.24) is 5.01 Å². The Morgan fingerprint density at radius 1 is 1.19 bits per heavy atom. The normalized spacial score (nSPS) is 10.9. The number of Topliss-reactive ketones (excluding diaryl/α,β-unsaturated/α-hetero) is 1. The second-order valence-electron chi connectivity index (χ2n) is 5.69. The van der Waals surface area contributed by atoms with E-state index < -0.39 is 11.6 Å². The van der Waals surface area contributed by atoms with Crippen LogP contribution < -0.4 is 0 Å². The molecule has 0 fully saturated rings. The lowest BCUT2D eigenvalue weighted by atomic mass is 9.93. The third-order valence-electron chi connectivity index (χ3n) is 3.93. The third kappa shape index (κ3) is 4.69. The van der Waals surface area contributed by atoms with Crippen LogP contribution in [0.1, 0.15) is 36.7 Å². The van der Waals surface area contributed by atoms with Crippen LogP contribution in [-0.2, 0) is 0 Å². The van der Waals surface area contributed by atoms with Crippen LogP contribution in [-0.4, -0.2) is 23.9 Å². The molecule has 0 bridgehead atoms. The molecule has 7 heteroatoms. The molecule has 0 N–H and O–H groups in total. The summed E-state index contributed by atoms with van der Waals surface area (Å²) in [5, 5.41) is 10.1. The van der Waals surface area contributed by atoms with Gasteiger partial charge in [0, 0.05) is 33.9 Å². The average molecular weight is 481 g/mol. The highest BCUT2D eigenvalue weighted by molar-refractivity contribution is 14.1. The van der Waals surface area contributed by atoms with E-state index in [9.17, 15) is 13.6 Å². The predicted octanol–water partition coefficient (Wildman–Crippen LogP) is 5.76. The summed E-state index contributed by atoms with van der Waals surface area (Å²) in [6.45, 7) is 6.47. The number of terminal acetylenes is 1. The minimum Gasteiger partial charge on any atom is -0.294 e. The van der Waals surface area contributed by atoms with Gasteiger partial charge in [-0.2, -0.15) is 0 Å². The number of ketones is 1. The van der Waals surface area contributed by atoms with Crippen molar-refractivity contribution in [1.29, 1.82) is 0 Å². The van der Waals surface area contributed by atoms with Crippen molar-refractivity contribution in [2.75, 3.05) is 13.1 Å². The Morgan fingerprint density at radius 2 is 1.78 bits per heavy atom. The van der Waals surface area contributed by atoms with E-state index in [0.717, 1.165) is 18.2 Å². The molecule has 27 heavy (non-hydrogen) atoms. The minimum atomic E-state index is -0.757. The first kappa shape index (κ1) is 21.0. The molecule has 0 heterocycles. The standard InChI is InChI=1S/C20H18F2IN3O/c1-5-16-18(23)11-17(12(4)27)19(13-8-14(21)10-15(22)9-13)20(16)24-25-26(6-2)7-3/h1,8-11H,6-7H2,2-4H3. The van der Waals surface area contributed by atoms with E-state index >= 15 is 0 Å². The molecule has 0 aromatic heterocycles. The second kappa shape index (κ2) is 9.04. The van der Waals surface area contributed by atoms with E-state index in [2.05, 4.69) is 16.3 Å². The first-order chi connectivity index (χ1) is 12.8. The summed E-state index contributed by atoms with van der Waals surface area (Å²) >= 11 is 2.01. The highest BCUT2D eigenvalue weighted by Gasteiger charge is 2.21. The maximum absolute atomic E-state index is 13.8. The van der Waals surface area contributed by atoms with Crippen LogP contribution in [0.4, 0.5) is 14.5 Å². The first-order valence-corrected chi connectivity index (χ1v) is 9.37. The van der Waals surface area contributed by atoms with Gasteiger partial charge in [0.25, 0.3) is 0 Å². The van der Waals surface area contributed by atoms with E-state index in [4.69, 9.17) is 6.42 Å². The van der Waals surface area contributed by atoms with Crippen molar-refractivity contribution >= 4 is 34.1 Å². The van der Waals surface area contributed by atoms with Gasteiger partial charge in [0.15, 0.2) is 5.78 Å². The van der Waals surface area contributed by atoms with Crippen LogP contribution in [0.2, 0.25) is 0 Å². The third-order valence-corrected chi connectivity index (χ3v) is 4.78. The number of hydrogen-bond donors (Lipinski definition) is 0. The van der Waals surface area contributed by atoms with Gasteiger partial charge in [-0.1, -0.05) is 11.1 Å². The molecule has 0 spiro atoms. The van der Waals surface area contributed by atoms with Crippen LogP contribution in [0.15, 0.2) is 34.6 Å². The Balaban J connectivity index is 2.89. The lowest BCUT2D eigenvalue weighted by Gasteiger charge is -2.16. The molecule has 2 aromatic carbocycles. The number of benzene rings is 2. The van der Waals surface area contributed by atoms with Crippen molar-refractivity contribution in [3.05, 3.63) is 50.6 Å². The molecule has 0 radical (unpaired) electrons. The van der Waals surface area contributed by atoms with Gasteiger partial charge >= 0.3 is 0 Å². The lowest BCUT2D eigenvalue weighted by molar-refractivity contribution is 0.101. The number of nitrogens with zero attached hydrogens (tertiary/aromatic N) is 3. The fourth-order valence-electron chi connectivity index (χ4n) is 2.60. The molecule has 0 amide bonds. The van der Waals surface area contributed by atoms with Gasteiger partial charge in [-0.05, 0) is 67.1 Å². The Morgan fingerprint density at radius 3 is 2.26 bits per heavy atom. The van der Waals surface area contributed by atoms with Crippen molar-refractivity contribution in [2.45, 2.75) is 20.8 Å². The molecule has 0 saturated carbocycles. The van der Waals surface area contributed by atoms with Crippen LogP contribution in [0.3, 0.4) is 0 Å². The summed E-state index contributed by atoms with van der Waals surface area (Å²) in [6.07, 6.45) is 5.65. The minimum absolute atomic E-state index is 0.180. The number of halogens is 3. The van der Waals surface area contributed by atoms with Gasteiger partial charge in [0.05, 0.1) is 5.56 Å². The SMILES string of the molecule is C#Cc1c(I)cc(C(C)=O)c(-c2cc(F)cc(F)c2)c1N=NN(CC)CC. The fourth-order valence-corrected chi connectivity index (χ4v) is 3.32. The Labute approximate surface area is 170 Å². The maximum atomic E-state index is 13.8. The summed E-state index contributed by atoms with van der Waals surface area (Å²) in [7, 11) is 0. The summed E-state index contributed by atoms with van der Waals surface area (Å²) in [4.78, 5) is 12.2. The van der Waals surface area contributed by atoms with Crippen LogP contribution in [0.25, 0.3) is 11.1 Å². The summed E-state index contributed by atoms with van der Waals surface area (Å²) in [5.74, 6) is 0.768. The van der Waals surface area contributed by atoms with Crippen LogP contribution in [0.5, 0.6) is 0 Å². The molecule has 2 aromatic rings. The van der Waals surface area contributed by atoms with E-state index in [-0.39, 0.29) is 28.2 Å². The molecule has 0 aliphatic carbocycles. The number of carbonyl (C=O) groups excluding carboxylic acids is 1. The molecular formula is C20H18F2IN3O. The van der Waals surface area contributed by atoms with Crippen LogP contribution >= 0.6 is 22.6 Å². The average Bonchev–Trinajstić information content (AvgIpc) is 2.61. The lowest BCUT2D eigenvalue weighted by Crippen LogP contribution is -2.14. The summed E-state index contributed by atoms with van der Waals surface area (Å²) < 4.78 is 28.3. The topological polar surface area (TPSA) is 45.0 Å². The molecule has 0 atom stereocenters. The molecule has 0 saturated heterocycles. The Hall–Kier alpha value is -2.34.